The Balaban J connectivity index is 1.36. The highest BCUT2D eigenvalue weighted by Gasteiger charge is 2.30. The van der Waals surface area contributed by atoms with Gasteiger partial charge in [-0.15, -0.1) is 10.2 Å². The zero-order valence-electron chi connectivity index (χ0n) is 15.6. The fourth-order valence-electron chi connectivity index (χ4n) is 2.40. The molecule has 0 unspecified atom stereocenters. The molecular weight excluding hydrogens is 485 g/mol. The normalized spacial score (nSPS) is 13.1. The van der Waals surface area contributed by atoms with Gasteiger partial charge >= 0.3 is 5.97 Å². The maximum Gasteiger partial charge on any atom is 0.345 e. The molecule has 4 rings (SSSR count). The first-order chi connectivity index (χ1) is 14.9. The van der Waals surface area contributed by atoms with E-state index in [1.54, 1.807) is 0 Å². The molecular formula is C19H13Cl2N3O5S2. The lowest BCUT2D eigenvalue weighted by molar-refractivity contribution is -0.117. The van der Waals surface area contributed by atoms with Crippen molar-refractivity contribution in [1.29, 1.82) is 0 Å². The first-order valence-corrected chi connectivity index (χ1v) is 11.5. The molecule has 12 heteroatoms. The molecule has 31 heavy (non-hydrogen) atoms. The summed E-state index contributed by atoms with van der Waals surface area (Å²) < 4.78 is 11.1. The smallest absolute Gasteiger partial charge is 0.345 e. The molecule has 0 bridgehead atoms. The van der Waals surface area contributed by atoms with Crippen LogP contribution in [0.4, 0.5) is 5.13 Å². The minimum absolute atomic E-state index is 0.0362. The van der Waals surface area contributed by atoms with Gasteiger partial charge in [0.25, 0.3) is 0 Å². The maximum absolute atomic E-state index is 12.3. The first kappa shape index (κ1) is 21.8. The van der Waals surface area contributed by atoms with Crippen LogP contribution in [0.2, 0.25) is 10.0 Å². The Hall–Kier alpha value is -2.40. The van der Waals surface area contributed by atoms with Crippen molar-refractivity contribution in [2.75, 3.05) is 5.32 Å². The van der Waals surface area contributed by atoms with Gasteiger partial charge in [0.05, 0.1) is 16.3 Å². The highest BCUT2D eigenvalue weighted by Crippen LogP contribution is 2.32. The summed E-state index contributed by atoms with van der Waals surface area (Å²) in [6, 6.07) is 5.57. The van der Waals surface area contributed by atoms with Crippen LogP contribution in [0.1, 0.15) is 29.0 Å². The molecule has 1 aliphatic rings. The molecule has 160 valence electrons. The van der Waals surface area contributed by atoms with Crippen molar-refractivity contribution in [2.45, 2.75) is 22.9 Å². The molecule has 0 atom stereocenters. The molecule has 0 saturated heterocycles. The van der Waals surface area contributed by atoms with Crippen molar-refractivity contribution in [1.82, 2.24) is 10.2 Å². The number of nitrogens with zero attached hydrogens (tertiary/aromatic N) is 2. The monoisotopic (exact) mass is 497 g/mol. The lowest BCUT2D eigenvalue weighted by Crippen LogP contribution is -2.15. The van der Waals surface area contributed by atoms with Crippen LogP contribution in [0, 0.1) is 5.92 Å². The number of anilines is 1. The van der Waals surface area contributed by atoms with Crippen molar-refractivity contribution in [2.24, 2.45) is 5.92 Å². The van der Waals surface area contributed by atoms with Crippen molar-refractivity contribution in [3.8, 4) is 5.75 Å². The minimum Gasteiger partial charge on any atom is -0.464 e. The number of benzene rings is 1. The third-order valence-electron chi connectivity index (χ3n) is 4.13. The Bertz CT molecular complexity index is 1210. The quantitative estimate of drug-likeness (QED) is 0.285. The summed E-state index contributed by atoms with van der Waals surface area (Å²) in [6.07, 6.45) is 2.88. The molecule has 0 spiro atoms. The molecule has 0 aliphatic heterocycles. The summed E-state index contributed by atoms with van der Waals surface area (Å²) in [6.45, 7) is 0. The van der Waals surface area contributed by atoms with E-state index in [2.05, 4.69) is 15.5 Å². The van der Waals surface area contributed by atoms with Gasteiger partial charge in [-0.3, -0.25) is 9.59 Å². The summed E-state index contributed by atoms with van der Waals surface area (Å²) in [4.78, 5) is 36.3. The maximum atomic E-state index is 12.3. The Morgan fingerprint density at radius 1 is 1.26 bits per heavy atom. The Labute approximate surface area is 193 Å². The first-order valence-electron chi connectivity index (χ1n) is 8.95. The minimum atomic E-state index is -0.823. The predicted molar refractivity (Wildman–Crippen MR) is 117 cm³/mol. The average molecular weight is 498 g/mol. The van der Waals surface area contributed by atoms with Crippen LogP contribution in [0.15, 0.2) is 44.1 Å². The van der Waals surface area contributed by atoms with Gasteiger partial charge in [-0.2, -0.15) is 0 Å². The summed E-state index contributed by atoms with van der Waals surface area (Å²) in [7, 11) is 0. The van der Waals surface area contributed by atoms with Crippen LogP contribution in [0.25, 0.3) is 0 Å². The number of carbonyl (C=O) groups is 2. The van der Waals surface area contributed by atoms with Gasteiger partial charge in [0.2, 0.25) is 22.2 Å². The number of ether oxygens (including phenoxy) is 1. The fourth-order valence-corrected chi connectivity index (χ4v) is 4.41. The Morgan fingerprint density at radius 2 is 2.06 bits per heavy atom. The lowest BCUT2D eigenvalue weighted by Gasteiger charge is -2.06. The van der Waals surface area contributed by atoms with Crippen molar-refractivity contribution in [3.63, 3.8) is 0 Å². The molecule has 1 fully saturated rings. The average Bonchev–Trinajstić information content (AvgIpc) is 3.50. The van der Waals surface area contributed by atoms with E-state index in [0.29, 0.717) is 26.0 Å². The van der Waals surface area contributed by atoms with Gasteiger partial charge in [-0.25, -0.2) is 4.79 Å². The fraction of sp³-hybridized carbons (Fsp3) is 0.211. The molecule has 1 aromatic carbocycles. The number of halogens is 2. The highest BCUT2D eigenvalue weighted by molar-refractivity contribution is 8.00. The van der Waals surface area contributed by atoms with Crippen LogP contribution in [-0.2, 0) is 10.5 Å². The number of rotatable bonds is 7. The highest BCUT2D eigenvalue weighted by atomic mass is 35.5. The zero-order chi connectivity index (χ0) is 22.0. The predicted octanol–water partition coefficient (Wildman–Crippen LogP) is 4.66. The molecule has 3 aromatic rings. The van der Waals surface area contributed by atoms with Crippen molar-refractivity contribution in [3.05, 3.63) is 62.1 Å². The van der Waals surface area contributed by atoms with Crippen LogP contribution in [-0.4, -0.2) is 22.1 Å². The van der Waals surface area contributed by atoms with Crippen LogP contribution >= 0.6 is 46.3 Å². The van der Waals surface area contributed by atoms with Gasteiger partial charge in [0.1, 0.15) is 12.0 Å². The third kappa shape index (κ3) is 5.65. The topological polar surface area (TPSA) is 111 Å². The van der Waals surface area contributed by atoms with Crippen LogP contribution < -0.4 is 15.5 Å². The van der Waals surface area contributed by atoms with E-state index in [1.165, 1.54) is 47.4 Å². The number of esters is 1. The SMILES string of the molecule is O=C(Oc1coc(CSc2nnc(NC(=O)C3CC3)s2)cc1=O)c1cc(Cl)ccc1Cl. The van der Waals surface area contributed by atoms with Gasteiger partial charge in [-0.1, -0.05) is 46.3 Å². The molecule has 1 N–H and O–H groups in total. The molecule has 2 aromatic heterocycles. The standard InChI is InChI=1S/C19H13Cl2N3O5S2/c20-10-3-4-13(21)12(5-10)17(27)29-15-7-28-11(6-14(15)25)8-30-19-24-23-18(31-19)22-16(26)9-1-2-9/h3-7,9H,1-2,8H2,(H,22,23,26). The number of carbonyl (C=O) groups excluding carboxylic acids is 2. The number of aromatic nitrogens is 2. The number of amides is 1. The van der Waals surface area contributed by atoms with Gasteiger partial charge < -0.3 is 14.5 Å². The van der Waals surface area contributed by atoms with Gasteiger partial charge in [0, 0.05) is 17.0 Å². The van der Waals surface area contributed by atoms with Crippen LogP contribution in [0.3, 0.4) is 0 Å². The van der Waals surface area contributed by atoms with Gasteiger partial charge in [-0.05, 0) is 31.0 Å². The zero-order valence-corrected chi connectivity index (χ0v) is 18.7. The second kappa shape index (κ2) is 9.39. The number of hydrogen-bond donors (Lipinski definition) is 1. The molecule has 1 amide bonds. The molecule has 8 nitrogen and oxygen atoms in total. The molecule has 2 heterocycles. The number of hydrogen-bond acceptors (Lipinski definition) is 9. The lowest BCUT2D eigenvalue weighted by atomic mass is 10.2. The molecule has 1 aliphatic carbocycles. The largest absolute Gasteiger partial charge is 0.464 e. The number of thioether (sulfide) groups is 1. The third-order valence-corrected chi connectivity index (χ3v) is 6.68. The van der Waals surface area contributed by atoms with E-state index < -0.39 is 11.4 Å². The second-order valence-corrected chi connectivity index (χ2v) is 9.56. The Morgan fingerprint density at radius 3 is 2.81 bits per heavy atom. The van der Waals surface area contributed by atoms with E-state index in [1.807, 2.05) is 0 Å². The van der Waals surface area contributed by atoms with Crippen molar-refractivity contribution < 1.29 is 18.7 Å². The van der Waals surface area contributed by atoms with E-state index in [9.17, 15) is 14.4 Å². The Kier molecular flexibility index (Phi) is 6.61. The van der Waals surface area contributed by atoms with Crippen molar-refractivity contribution >= 4 is 63.3 Å². The van der Waals surface area contributed by atoms with Crippen LogP contribution in [0.5, 0.6) is 5.75 Å². The summed E-state index contributed by atoms with van der Waals surface area (Å²) in [5.41, 5.74) is -0.489. The van der Waals surface area contributed by atoms with Gasteiger partial charge in [0.15, 0.2) is 4.34 Å². The molecule has 0 radical (unpaired) electrons. The van der Waals surface area contributed by atoms with E-state index in [-0.39, 0.29) is 28.2 Å². The van der Waals surface area contributed by atoms with E-state index in [4.69, 9.17) is 32.4 Å². The summed E-state index contributed by atoms with van der Waals surface area (Å²) in [5, 5.41) is 11.5. The molecule has 1 saturated carbocycles. The second-order valence-electron chi connectivity index (χ2n) is 6.51. The summed E-state index contributed by atoms with van der Waals surface area (Å²) >= 11 is 14.4. The van der Waals surface area contributed by atoms with E-state index in [0.717, 1.165) is 19.1 Å². The number of nitrogens with one attached hydrogen (secondary N) is 1. The van der Waals surface area contributed by atoms with E-state index >= 15 is 0 Å². The summed E-state index contributed by atoms with van der Waals surface area (Å²) in [5.74, 6) is -0.393.